The van der Waals surface area contributed by atoms with Crippen LogP contribution in [0.2, 0.25) is 0 Å². The van der Waals surface area contributed by atoms with Gasteiger partial charge in [0.2, 0.25) is 5.91 Å². The van der Waals surface area contributed by atoms with Gasteiger partial charge in [0.25, 0.3) is 0 Å². The number of rotatable bonds is 7. The molecule has 1 atom stereocenters. The number of amides is 1. The van der Waals surface area contributed by atoms with E-state index >= 15 is 0 Å². The summed E-state index contributed by atoms with van der Waals surface area (Å²) >= 11 is 0. The number of likely N-dealkylation sites (tertiary alicyclic amines) is 1. The van der Waals surface area contributed by atoms with Crippen molar-refractivity contribution in [1.82, 2.24) is 20.0 Å². The number of hydrogen-bond donors (Lipinski definition) is 1. The molecule has 3 aromatic rings. The second-order valence-electron chi connectivity index (χ2n) is 7.44. The van der Waals surface area contributed by atoms with Crippen LogP contribution in [0.3, 0.4) is 0 Å². The largest absolute Gasteiger partial charge is 0.337 e. The standard InChI is InChI=1S/C23H26N4O/c1-3-11-27-15-20(17(2)25-27)13-24-21-12-23(28)26(16-21)14-19-9-6-8-18-7-4-5-10-22(18)19/h3-10,15,21,24H,1,11-14,16H2,2H3. The van der Waals surface area contributed by atoms with Crippen LogP contribution >= 0.6 is 0 Å². The Kier molecular flexibility index (Phi) is 5.26. The Hall–Kier alpha value is -2.92. The molecular formula is C23H26N4O. The van der Waals surface area contributed by atoms with Crippen molar-refractivity contribution in [1.29, 1.82) is 0 Å². The summed E-state index contributed by atoms with van der Waals surface area (Å²) in [4.78, 5) is 14.5. The van der Waals surface area contributed by atoms with E-state index in [0.717, 1.165) is 18.8 Å². The van der Waals surface area contributed by atoms with Gasteiger partial charge >= 0.3 is 0 Å². The summed E-state index contributed by atoms with van der Waals surface area (Å²) in [7, 11) is 0. The molecule has 1 saturated heterocycles. The third-order valence-corrected chi connectivity index (χ3v) is 5.40. The van der Waals surface area contributed by atoms with Crippen molar-refractivity contribution in [3.63, 3.8) is 0 Å². The average Bonchev–Trinajstić information content (AvgIpc) is 3.22. The van der Waals surface area contributed by atoms with Crippen LogP contribution in [0.25, 0.3) is 10.8 Å². The zero-order valence-electron chi connectivity index (χ0n) is 16.3. The fourth-order valence-corrected chi connectivity index (χ4v) is 3.91. The topological polar surface area (TPSA) is 50.2 Å². The van der Waals surface area contributed by atoms with Crippen LogP contribution in [0.15, 0.2) is 61.3 Å². The second kappa shape index (κ2) is 7.98. The van der Waals surface area contributed by atoms with E-state index in [4.69, 9.17) is 0 Å². The smallest absolute Gasteiger partial charge is 0.224 e. The molecule has 2 aromatic carbocycles. The minimum absolute atomic E-state index is 0.171. The summed E-state index contributed by atoms with van der Waals surface area (Å²) in [5.74, 6) is 0.213. The fraction of sp³-hybridized carbons (Fsp3) is 0.304. The first-order chi connectivity index (χ1) is 13.6. The molecule has 1 aliphatic rings. The fourth-order valence-electron chi connectivity index (χ4n) is 3.91. The Morgan fingerprint density at radius 3 is 2.89 bits per heavy atom. The molecule has 4 rings (SSSR count). The molecule has 28 heavy (non-hydrogen) atoms. The van der Waals surface area contributed by atoms with E-state index in [-0.39, 0.29) is 11.9 Å². The van der Waals surface area contributed by atoms with E-state index in [2.05, 4.69) is 59.6 Å². The van der Waals surface area contributed by atoms with Gasteiger partial charge in [0.05, 0.1) is 12.2 Å². The van der Waals surface area contributed by atoms with Gasteiger partial charge in [-0.05, 0) is 23.3 Å². The van der Waals surface area contributed by atoms with Crippen LogP contribution in [0.5, 0.6) is 0 Å². The molecule has 1 unspecified atom stereocenters. The number of aromatic nitrogens is 2. The predicted molar refractivity (Wildman–Crippen MR) is 112 cm³/mol. The van der Waals surface area contributed by atoms with E-state index in [0.29, 0.717) is 19.5 Å². The number of aryl methyl sites for hydroxylation is 1. The number of nitrogens with one attached hydrogen (secondary N) is 1. The molecule has 1 fully saturated rings. The number of allylic oxidation sites excluding steroid dienone is 1. The van der Waals surface area contributed by atoms with Crippen molar-refractivity contribution in [3.05, 3.63) is 78.1 Å². The summed E-state index contributed by atoms with van der Waals surface area (Å²) in [6, 6.07) is 14.8. The van der Waals surface area contributed by atoms with E-state index in [1.807, 2.05) is 28.6 Å². The highest BCUT2D eigenvalue weighted by Crippen LogP contribution is 2.22. The maximum atomic E-state index is 12.6. The third-order valence-electron chi connectivity index (χ3n) is 5.40. The average molecular weight is 374 g/mol. The maximum absolute atomic E-state index is 12.6. The normalized spacial score (nSPS) is 16.8. The quantitative estimate of drug-likeness (QED) is 0.645. The summed E-state index contributed by atoms with van der Waals surface area (Å²) in [6.07, 6.45) is 4.43. The number of hydrogen-bond acceptors (Lipinski definition) is 3. The number of carbonyl (C=O) groups excluding carboxylic acids is 1. The molecule has 144 valence electrons. The zero-order chi connectivity index (χ0) is 19.5. The second-order valence-corrected chi connectivity index (χ2v) is 7.44. The number of carbonyl (C=O) groups is 1. The first-order valence-corrected chi connectivity index (χ1v) is 9.75. The molecule has 2 heterocycles. The highest BCUT2D eigenvalue weighted by molar-refractivity contribution is 5.86. The third kappa shape index (κ3) is 3.85. The zero-order valence-corrected chi connectivity index (χ0v) is 16.3. The Morgan fingerprint density at radius 1 is 1.21 bits per heavy atom. The Balaban J connectivity index is 1.39. The lowest BCUT2D eigenvalue weighted by molar-refractivity contribution is -0.128. The van der Waals surface area contributed by atoms with Crippen LogP contribution in [-0.2, 0) is 24.4 Å². The molecule has 1 aliphatic heterocycles. The summed E-state index contributed by atoms with van der Waals surface area (Å²) in [5.41, 5.74) is 3.39. The minimum Gasteiger partial charge on any atom is -0.337 e. The van der Waals surface area contributed by atoms with Crippen molar-refractivity contribution in [3.8, 4) is 0 Å². The highest BCUT2D eigenvalue weighted by Gasteiger charge is 2.29. The SMILES string of the molecule is C=CCn1cc(CNC2CC(=O)N(Cc3cccc4ccccc34)C2)c(C)n1. The number of benzene rings is 2. The van der Waals surface area contributed by atoms with Gasteiger partial charge in [0.1, 0.15) is 0 Å². The molecule has 1 N–H and O–H groups in total. The van der Waals surface area contributed by atoms with E-state index in [9.17, 15) is 4.79 Å². The Bertz CT molecular complexity index is 1000. The molecule has 5 nitrogen and oxygen atoms in total. The molecule has 0 spiro atoms. The minimum atomic E-state index is 0.171. The van der Waals surface area contributed by atoms with Crippen LogP contribution in [-0.4, -0.2) is 33.2 Å². The first kappa shape index (κ1) is 18.4. The number of nitrogens with zero attached hydrogens (tertiary/aromatic N) is 3. The molecule has 0 aliphatic carbocycles. The molecule has 0 radical (unpaired) electrons. The van der Waals surface area contributed by atoms with Crippen molar-refractivity contribution in [2.45, 2.75) is 39.0 Å². The maximum Gasteiger partial charge on any atom is 0.224 e. The lowest BCUT2D eigenvalue weighted by atomic mass is 10.0. The van der Waals surface area contributed by atoms with Crippen LogP contribution in [0.1, 0.15) is 23.2 Å². The van der Waals surface area contributed by atoms with Crippen LogP contribution in [0, 0.1) is 6.92 Å². The van der Waals surface area contributed by atoms with Crippen molar-refractivity contribution < 1.29 is 4.79 Å². The van der Waals surface area contributed by atoms with Crippen LogP contribution < -0.4 is 5.32 Å². The van der Waals surface area contributed by atoms with E-state index in [1.54, 1.807) is 0 Å². The van der Waals surface area contributed by atoms with Crippen molar-refractivity contribution >= 4 is 16.7 Å². The van der Waals surface area contributed by atoms with Gasteiger partial charge < -0.3 is 10.2 Å². The van der Waals surface area contributed by atoms with Crippen molar-refractivity contribution in [2.75, 3.05) is 6.54 Å². The highest BCUT2D eigenvalue weighted by atomic mass is 16.2. The Morgan fingerprint density at radius 2 is 2.04 bits per heavy atom. The molecule has 0 saturated carbocycles. The van der Waals surface area contributed by atoms with Crippen molar-refractivity contribution in [2.24, 2.45) is 0 Å². The van der Waals surface area contributed by atoms with Gasteiger partial charge in [-0.1, -0.05) is 48.5 Å². The Labute approximate surface area is 165 Å². The lowest BCUT2D eigenvalue weighted by Gasteiger charge is -2.18. The number of fused-ring (bicyclic) bond motifs is 1. The molecule has 1 aromatic heterocycles. The predicted octanol–water partition coefficient (Wildman–Crippen LogP) is 3.42. The lowest BCUT2D eigenvalue weighted by Crippen LogP contribution is -2.32. The van der Waals surface area contributed by atoms with Gasteiger partial charge in [0.15, 0.2) is 0 Å². The van der Waals surface area contributed by atoms with Gasteiger partial charge in [-0.3, -0.25) is 9.48 Å². The molecular weight excluding hydrogens is 348 g/mol. The van der Waals surface area contributed by atoms with E-state index in [1.165, 1.54) is 21.9 Å². The molecule has 1 amide bonds. The first-order valence-electron chi connectivity index (χ1n) is 9.75. The summed E-state index contributed by atoms with van der Waals surface area (Å²) in [5, 5.41) is 10.5. The van der Waals surface area contributed by atoms with Crippen LogP contribution in [0.4, 0.5) is 0 Å². The van der Waals surface area contributed by atoms with Gasteiger partial charge in [-0.15, -0.1) is 6.58 Å². The molecule has 5 heteroatoms. The summed E-state index contributed by atoms with van der Waals surface area (Å²) < 4.78 is 1.89. The van der Waals surface area contributed by atoms with E-state index < -0.39 is 0 Å². The monoisotopic (exact) mass is 374 g/mol. The van der Waals surface area contributed by atoms with Gasteiger partial charge in [-0.2, -0.15) is 5.10 Å². The van der Waals surface area contributed by atoms with Gasteiger partial charge in [-0.25, -0.2) is 0 Å². The summed E-state index contributed by atoms with van der Waals surface area (Å²) in [6.45, 7) is 8.61. The van der Waals surface area contributed by atoms with Gasteiger partial charge in [0, 0.05) is 43.9 Å². The molecule has 0 bridgehead atoms.